The van der Waals surface area contributed by atoms with Gasteiger partial charge in [0.05, 0.1) is 12.2 Å². The number of aliphatic carboxylic acids is 1. The molecule has 1 heterocycles. The fourth-order valence-electron chi connectivity index (χ4n) is 1.51. The molecule has 0 saturated heterocycles. The van der Waals surface area contributed by atoms with Crippen LogP contribution in [0, 0.1) is 13.8 Å². The first-order valence-corrected chi connectivity index (χ1v) is 5.95. The number of nitrogens with zero attached hydrogens (tertiary/aromatic N) is 1. The molecule has 0 aliphatic heterocycles. The molecule has 0 spiro atoms. The van der Waals surface area contributed by atoms with Gasteiger partial charge in [-0.3, -0.25) is 4.79 Å². The molecule has 0 bridgehead atoms. The van der Waals surface area contributed by atoms with Crippen LogP contribution in [0.4, 0.5) is 0 Å². The first-order chi connectivity index (χ1) is 8.09. The molecule has 17 heavy (non-hydrogen) atoms. The summed E-state index contributed by atoms with van der Waals surface area (Å²) in [4.78, 5) is 14.5. The van der Waals surface area contributed by atoms with Crippen LogP contribution < -0.4 is 5.32 Å². The molecule has 1 aromatic rings. The van der Waals surface area contributed by atoms with Gasteiger partial charge in [-0.25, -0.2) is 4.98 Å². The van der Waals surface area contributed by atoms with Gasteiger partial charge in [0, 0.05) is 6.42 Å². The number of aromatic nitrogens is 1. The maximum atomic E-state index is 10.3. The van der Waals surface area contributed by atoms with Crippen LogP contribution in [0.15, 0.2) is 4.42 Å². The number of oxazole rings is 1. The number of carboxylic acid groups (broad SMARTS) is 1. The van der Waals surface area contributed by atoms with E-state index in [4.69, 9.17) is 9.52 Å². The second kappa shape index (κ2) is 7.06. The molecule has 0 saturated carbocycles. The van der Waals surface area contributed by atoms with Crippen molar-refractivity contribution in [3.05, 3.63) is 17.3 Å². The van der Waals surface area contributed by atoms with E-state index in [1.54, 1.807) is 0 Å². The lowest BCUT2D eigenvalue weighted by Gasteiger charge is -2.01. The van der Waals surface area contributed by atoms with Crippen molar-refractivity contribution in [1.29, 1.82) is 0 Å². The molecule has 0 aliphatic carbocycles. The Bertz CT molecular complexity index is 341. The fourth-order valence-corrected chi connectivity index (χ4v) is 1.51. The van der Waals surface area contributed by atoms with Crippen molar-refractivity contribution in [3.63, 3.8) is 0 Å². The van der Waals surface area contributed by atoms with Gasteiger partial charge in [0.1, 0.15) is 5.76 Å². The van der Waals surface area contributed by atoms with Gasteiger partial charge >= 0.3 is 5.97 Å². The Labute approximate surface area is 101 Å². The molecular formula is C12H20N2O3. The second-order valence-corrected chi connectivity index (χ2v) is 4.13. The van der Waals surface area contributed by atoms with E-state index in [-0.39, 0.29) is 6.42 Å². The Morgan fingerprint density at radius 2 is 2.12 bits per heavy atom. The third-order valence-corrected chi connectivity index (χ3v) is 2.59. The average molecular weight is 240 g/mol. The van der Waals surface area contributed by atoms with Gasteiger partial charge in [-0.1, -0.05) is 6.42 Å². The lowest BCUT2D eigenvalue weighted by molar-refractivity contribution is -0.137. The molecule has 1 aromatic heterocycles. The van der Waals surface area contributed by atoms with Gasteiger partial charge in [-0.15, -0.1) is 0 Å². The molecule has 5 nitrogen and oxygen atoms in total. The lowest BCUT2D eigenvalue weighted by atomic mass is 10.2. The Hall–Kier alpha value is -1.36. The highest BCUT2D eigenvalue weighted by Gasteiger charge is 2.04. The minimum Gasteiger partial charge on any atom is -0.481 e. The van der Waals surface area contributed by atoms with Crippen molar-refractivity contribution in [2.24, 2.45) is 0 Å². The van der Waals surface area contributed by atoms with Gasteiger partial charge in [-0.05, 0) is 33.2 Å². The Morgan fingerprint density at radius 3 is 2.71 bits per heavy atom. The first kappa shape index (κ1) is 13.7. The summed E-state index contributed by atoms with van der Waals surface area (Å²) in [7, 11) is 0. The third-order valence-electron chi connectivity index (χ3n) is 2.59. The van der Waals surface area contributed by atoms with Crippen LogP contribution in [0.25, 0.3) is 0 Å². The van der Waals surface area contributed by atoms with Crippen molar-refractivity contribution in [2.75, 3.05) is 6.54 Å². The minimum atomic E-state index is -0.719. The van der Waals surface area contributed by atoms with Crippen molar-refractivity contribution in [3.8, 4) is 0 Å². The number of hydrogen-bond donors (Lipinski definition) is 2. The monoisotopic (exact) mass is 240 g/mol. The molecule has 0 amide bonds. The van der Waals surface area contributed by atoms with Crippen molar-refractivity contribution < 1.29 is 14.3 Å². The molecule has 0 aliphatic rings. The summed E-state index contributed by atoms with van der Waals surface area (Å²) >= 11 is 0. The molecular weight excluding hydrogens is 220 g/mol. The van der Waals surface area contributed by atoms with Crippen molar-refractivity contribution in [1.82, 2.24) is 10.3 Å². The number of unbranched alkanes of at least 4 members (excludes halogenated alkanes) is 2. The predicted molar refractivity (Wildman–Crippen MR) is 63.8 cm³/mol. The first-order valence-electron chi connectivity index (χ1n) is 5.95. The summed E-state index contributed by atoms with van der Waals surface area (Å²) in [5.41, 5.74) is 0.934. The van der Waals surface area contributed by atoms with Gasteiger partial charge in [-0.2, -0.15) is 0 Å². The van der Waals surface area contributed by atoms with E-state index in [1.165, 1.54) is 0 Å². The molecule has 0 atom stereocenters. The molecule has 5 heteroatoms. The number of rotatable bonds is 8. The van der Waals surface area contributed by atoms with Crippen LogP contribution >= 0.6 is 0 Å². The summed E-state index contributed by atoms with van der Waals surface area (Å²) in [5, 5.41) is 11.7. The number of carboxylic acids is 1. The van der Waals surface area contributed by atoms with Gasteiger partial charge in [0.2, 0.25) is 5.89 Å². The number of carbonyl (C=O) groups is 1. The van der Waals surface area contributed by atoms with Crippen LogP contribution in [0.3, 0.4) is 0 Å². The summed E-state index contributed by atoms with van der Waals surface area (Å²) in [6.45, 7) is 5.32. The van der Waals surface area contributed by atoms with Crippen LogP contribution in [-0.4, -0.2) is 22.6 Å². The summed E-state index contributed by atoms with van der Waals surface area (Å²) < 4.78 is 5.42. The van der Waals surface area contributed by atoms with E-state index in [2.05, 4.69) is 10.3 Å². The molecule has 0 radical (unpaired) electrons. The summed E-state index contributed by atoms with van der Waals surface area (Å²) in [6, 6.07) is 0. The molecule has 1 rings (SSSR count). The van der Waals surface area contributed by atoms with E-state index in [0.717, 1.165) is 37.3 Å². The predicted octanol–water partition coefficient (Wildman–Crippen LogP) is 2.03. The normalized spacial score (nSPS) is 10.7. The zero-order chi connectivity index (χ0) is 12.7. The summed E-state index contributed by atoms with van der Waals surface area (Å²) in [5.74, 6) is 0.859. The largest absolute Gasteiger partial charge is 0.481 e. The Kier molecular flexibility index (Phi) is 5.69. The zero-order valence-corrected chi connectivity index (χ0v) is 10.5. The minimum absolute atomic E-state index is 0.262. The van der Waals surface area contributed by atoms with E-state index >= 15 is 0 Å². The molecule has 2 N–H and O–H groups in total. The highest BCUT2D eigenvalue weighted by Crippen LogP contribution is 2.07. The van der Waals surface area contributed by atoms with Gasteiger partial charge < -0.3 is 14.8 Å². The molecule has 0 unspecified atom stereocenters. The highest BCUT2D eigenvalue weighted by atomic mass is 16.4. The van der Waals surface area contributed by atoms with E-state index in [1.807, 2.05) is 13.8 Å². The number of aryl methyl sites for hydroxylation is 2. The van der Waals surface area contributed by atoms with Crippen LogP contribution in [0.5, 0.6) is 0 Å². The molecule has 96 valence electrons. The summed E-state index contributed by atoms with van der Waals surface area (Å²) in [6.07, 6.45) is 2.92. The Morgan fingerprint density at radius 1 is 1.35 bits per heavy atom. The van der Waals surface area contributed by atoms with Gasteiger partial charge in [0.15, 0.2) is 0 Å². The lowest BCUT2D eigenvalue weighted by Crippen LogP contribution is -2.14. The quantitative estimate of drug-likeness (QED) is 0.680. The van der Waals surface area contributed by atoms with Gasteiger partial charge in [0.25, 0.3) is 0 Å². The smallest absolute Gasteiger partial charge is 0.303 e. The van der Waals surface area contributed by atoms with Crippen LogP contribution in [0.1, 0.15) is 43.0 Å². The van der Waals surface area contributed by atoms with E-state index < -0.39 is 5.97 Å². The van der Waals surface area contributed by atoms with Crippen LogP contribution in [-0.2, 0) is 11.3 Å². The maximum Gasteiger partial charge on any atom is 0.303 e. The molecule has 0 aromatic carbocycles. The average Bonchev–Trinajstić information content (AvgIpc) is 2.56. The Balaban J connectivity index is 2.02. The van der Waals surface area contributed by atoms with Crippen molar-refractivity contribution >= 4 is 5.97 Å². The van der Waals surface area contributed by atoms with Crippen molar-refractivity contribution in [2.45, 2.75) is 46.1 Å². The fraction of sp³-hybridized carbons (Fsp3) is 0.667. The zero-order valence-electron chi connectivity index (χ0n) is 10.5. The second-order valence-electron chi connectivity index (χ2n) is 4.13. The highest BCUT2D eigenvalue weighted by molar-refractivity contribution is 5.66. The maximum absolute atomic E-state index is 10.3. The number of hydrogen-bond acceptors (Lipinski definition) is 4. The third kappa shape index (κ3) is 5.49. The van der Waals surface area contributed by atoms with Crippen LogP contribution in [0.2, 0.25) is 0 Å². The topological polar surface area (TPSA) is 75.4 Å². The standard InChI is InChI=1S/C12H20N2O3/c1-9-10(2)17-11(14-9)8-13-7-5-3-4-6-12(15)16/h13H,3-8H2,1-2H3,(H,15,16). The number of nitrogens with one attached hydrogen (secondary N) is 1. The van der Waals surface area contributed by atoms with E-state index in [0.29, 0.717) is 12.4 Å². The SMILES string of the molecule is Cc1nc(CNCCCCCC(=O)O)oc1C. The van der Waals surface area contributed by atoms with E-state index in [9.17, 15) is 4.79 Å². The molecule has 0 fully saturated rings.